The summed E-state index contributed by atoms with van der Waals surface area (Å²) >= 11 is 0. The summed E-state index contributed by atoms with van der Waals surface area (Å²) in [7, 11) is 1.51. The van der Waals surface area contributed by atoms with Crippen molar-refractivity contribution in [3.8, 4) is 11.6 Å². The zero-order valence-electron chi connectivity index (χ0n) is 14.5. The zero-order chi connectivity index (χ0) is 18.5. The number of ether oxygens (including phenoxy) is 2. The van der Waals surface area contributed by atoms with Crippen LogP contribution in [0, 0.1) is 11.8 Å². The lowest BCUT2D eigenvalue weighted by atomic mass is 9.96. The number of likely N-dealkylation sites (tertiary alicyclic amines) is 1. The van der Waals surface area contributed by atoms with E-state index in [2.05, 4.69) is 4.98 Å². The van der Waals surface area contributed by atoms with Gasteiger partial charge >= 0.3 is 0 Å². The van der Waals surface area contributed by atoms with Crippen LogP contribution in [0.1, 0.15) is 10.4 Å². The topological polar surface area (TPSA) is 94.7 Å². The second-order valence-electron chi connectivity index (χ2n) is 6.19. The van der Waals surface area contributed by atoms with Gasteiger partial charge in [-0.3, -0.25) is 9.59 Å². The van der Waals surface area contributed by atoms with Crippen LogP contribution in [0.15, 0.2) is 48.7 Å². The average molecular weight is 355 g/mol. The molecule has 0 radical (unpaired) electrons. The molecule has 1 aromatic carbocycles. The van der Waals surface area contributed by atoms with Gasteiger partial charge in [0, 0.05) is 31.3 Å². The van der Waals surface area contributed by atoms with Crippen LogP contribution in [0.4, 0.5) is 0 Å². The van der Waals surface area contributed by atoms with E-state index in [-0.39, 0.29) is 18.4 Å². The molecule has 2 amide bonds. The molecule has 1 aromatic heterocycles. The summed E-state index contributed by atoms with van der Waals surface area (Å²) in [6, 6.07) is 12.6. The first-order valence-corrected chi connectivity index (χ1v) is 8.35. The van der Waals surface area contributed by atoms with Crippen LogP contribution in [-0.2, 0) is 4.79 Å². The maximum absolute atomic E-state index is 12.7. The van der Waals surface area contributed by atoms with E-state index in [4.69, 9.17) is 15.2 Å². The highest BCUT2D eigenvalue weighted by Crippen LogP contribution is 2.26. The third kappa shape index (κ3) is 3.93. The number of pyridine rings is 1. The van der Waals surface area contributed by atoms with Gasteiger partial charge in [-0.2, -0.15) is 0 Å². The van der Waals surface area contributed by atoms with Gasteiger partial charge in [-0.05, 0) is 18.2 Å². The fourth-order valence-electron chi connectivity index (χ4n) is 3.06. The van der Waals surface area contributed by atoms with Gasteiger partial charge in [0.15, 0.2) is 0 Å². The van der Waals surface area contributed by atoms with Crippen LogP contribution >= 0.6 is 0 Å². The molecule has 0 saturated carbocycles. The largest absolute Gasteiger partial charge is 0.493 e. The van der Waals surface area contributed by atoms with Crippen molar-refractivity contribution >= 4 is 11.8 Å². The maximum atomic E-state index is 12.7. The van der Waals surface area contributed by atoms with E-state index in [1.165, 1.54) is 13.3 Å². The first kappa shape index (κ1) is 17.7. The highest BCUT2D eigenvalue weighted by molar-refractivity contribution is 5.94. The summed E-state index contributed by atoms with van der Waals surface area (Å²) in [5.74, 6) is -0.0351. The highest BCUT2D eigenvalue weighted by Gasteiger charge is 2.39. The van der Waals surface area contributed by atoms with Gasteiger partial charge in [0.1, 0.15) is 5.75 Å². The number of aromatic nitrogens is 1. The summed E-state index contributed by atoms with van der Waals surface area (Å²) in [6.07, 6.45) is 1.47. The number of amides is 2. The van der Waals surface area contributed by atoms with E-state index in [1.807, 2.05) is 30.3 Å². The minimum absolute atomic E-state index is 0.150. The van der Waals surface area contributed by atoms with Crippen LogP contribution in [0.5, 0.6) is 11.6 Å². The van der Waals surface area contributed by atoms with Crippen molar-refractivity contribution in [2.45, 2.75) is 0 Å². The molecule has 7 heteroatoms. The van der Waals surface area contributed by atoms with Gasteiger partial charge in [0.25, 0.3) is 5.91 Å². The number of carbonyl (C=O) groups is 2. The lowest BCUT2D eigenvalue weighted by Gasteiger charge is -2.17. The molecule has 1 aliphatic heterocycles. The predicted molar refractivity (Wildman–Crippen MR) is 94.8 cm³/mol. The molecule has 3 rings (SSSR count). The monoisotopic (exact) mass is 355 g/mol. The van der Waals surface area contributed by atoms with Crippen molar-refractivity contribution in [1.82, 2.24) is 9.88 Å². The Bertz CT molecular complexity index is 764. The molecule has 1 saturated heterocycles. The van der Waals surface area contributed by atoms with Gasteiger partial charge in [-0.15, -0.1) is 0 Å². The number of methoxy groups -OCH3 is 1. The van der Waals surface area contributed by atoms with Crippen LogP contribution in [0.3, 0.4) is 0 Å². The molecule has 1 aliphatic rings. The number of carbonyl (C=O) groups excluding carboxylic acids is 2. The van der Waals surface area contributed by atoms with Gasteiger partial charge in [-0.1, -0.05) is 18.2 Å². The summed E-state index contributed by atoms with van der Waals surface area (Å²) in [6.45, 7) is 1.01. The van der Waals surface area contributed by atoms with Crippen molar-refractivity contribution in [3.63, 3.8) is 0 Å². The van der Waals surface area contributed by atoms with Gasteiger partial charge in [-0.25, -0.2) is 4.98 Å². The maximum Gasteiger partial charge on any atom is 0.255 e. The number of nitrogens with two attached hydrogens (primary N) is 1. The van der Waals surface area contributed by atoms with Crippen LogP contribution in [0.25, 0.3) is 0 Å². The molecule has 136 valence electrons. The molecule has 7 nitrogen and oxygen atoms in total. The first-order chi connectivity index (χ1) is 12.6. The number of para-hydroxylation sites is 1. The molecular weight excluding hydrogens is 334 g/mol. The molecule has 1 fully saturated rings. The summed E-state index contributed by atoms with van der Waals surface area (Å²) in [5, 5.41) is 0. The zero-order valence-corrected chi connectivity index (χ0v) is 14.5. The van der Waals surface area contributed by atoms with E-state index in [1.54, 1.807) is 17.0 Å². The van der Waals surface area contributed by atoms with Crippen LogP contribution in [-0.4, -0.2) is 48.5 Å². The SMILES string of the molecule is COc1ccc(C(=O)N2C[C@@H](COc3ccccc3)[C@H](C(N)=O)C2)cn1. The number of nitrogens with zero attached hydrogens (tertiary/aromatic N) is 2. The van der Waals surface area contributed by atoms with Crippen LogP contribution in [0.2, 0.25) is 0 Å². The van der Waals surface area contributed by atoms with Crippen LogP contribution < -0.4 is 15.2 Å². The van der Waals surface area contributed by atoms with E-state index < -0.39 is 11.8 Å². The van der Waals surface area contributed by atoms with E-state index in [0.29, 0.717) is 24.6 Å². The molecular formula is C19H21N3O4. The average Bonchev–Trinajstić information content (AvgIpc) is 3.11. The van der Waals surface area contributed by atoms with Crippen molar-refractivity contribution < 1.29 is 19.1 Å². The molecule has 2 N–H and O–H groups in total. The molecule has 2 heterocycles. The lowest BCUT2D eigenvalue weighted by molar-refractivity contribution is -0.122. The number of hydrogen-bond donors (Lipinski definition) is 1. The Kier molecular flexibility index (Phi) is 5.36. The number of benzene rings is 1. The molecule has 26 heavy (non-hydrogen) atoms. The lowest BCUT2D eigenvalue weighted by Crippen LogP contribution is -2.32. The first-order valence-electron chi connectivity index (χ1n) is 8.35. The summed E-state index contributed by atoms with van der Waals surface area (Å²) < 4.78 is 10.8. The Hall–Kier alpha value is -3.09. The number of hydrogen-bond acceptors (Lipinski definition) is 5. The molecule has 0 aliphatic carbocycles. The van der Waals surface area contributed by atoms with Crippen molar-refractivity contribution in [2.75, 3.05) is 26.8 Å². The quantitative estimate of drug-likeness (QED) is 0.844. The highest BCUT2D eigenvalue weighted by atomic mass is 16.5. The molecule has 2 aromatic rings. The Labute approximate surface area is 151 Å². The molecule has 0 spiro atoms. The minimum atomic E-state index is -0.436. The van der Waals surface area contributed by atoms with Gasteiger partial charge in [0.05, 0.1) is 25.2 Å². The molecule has 2 atom stereocenters. The fraction of sp³-hybridized carbons (Fsp3) is 0.316. The molecule has 0 unspecified atom stereocenters. The Morgan fingerprint density at radius 2 is 1.96 bits per heavy atom. The van der Waals surface area contributed by atoms with Gasteiger partial charge < -0.3 is 20.1 Å². The summed E-state index contributed by atoms with van der Waals surface area (Å²) in [4.78, 5) is 30.2. The predicted octanol–water partition coefficient (Wildman–Crippen LogP) is 1.34. The Morgan fingerprint density at radius 1 is 1.19 bits per heavy atom. The second kappa shape index (κ2) is 7.86. The Morgan fingerprint density at radius 3 is 2.58 bits per heavy atom. The van der Waals surface area contributed by atoms with Crippen molar-refractivity contribution in [3.05, 3.63) is 54.2 Å². The van der Waals surface area contributed by atoms with E-state index >= 15 is 0 Å². The van der Waals surface area contributed by atoms with Crippen molar-refractivity contribution in [2.24, 2.45) is 17.6 Å². The normalized spacial score (nSPS) is 19.2. The Balaban J connectivity index is 1.67. The number of primary amides is 1. The van der Waals surface area contributed by atoms with E-state index in [9.17, 15) is 9.59 Å². The third-order valence-electron chi connectivity index (χ3n) is 4.49. The van der Waals surface area contributed by atoms with E-state index in [0.717, 1.165) is 5.75 Å². The number of rotatable bonds is 6. The third-order valence-corrected chi connectivity index (χ3v) is 4.49. The summed E-state index contributed by atoms with van der Waals surface area (Å²) in [5.41, 5.74) is 5.98. The second-order valence-corrected chi connectivity index (χ2v) is 6.19. The standard InChI is InChI=1S/C19H21N3O4/c1-25-17-8-7-13(9-21-17)19(24)22-10-14(16(11-22)18(20)23)12-26-15-5-3-2-4-6-15/h2-9,14,16H,10-12H2,1H3,(H2,20,23)/t14-,16+/m0/s1. The van der Waals surface area contributed by atoms with Crippen molar-refractivity contribution in [1.29, 1.82) is 0 Å². The smallest absolute Gasteiger partial charge is 0.255 e. The molecule has 0 bridgehead atoms. The fourth-order valence-corrected chi connectivity index (χ4v) is 3.06. The van der Waals surface area contributed by atoms with Gasteiger partial charge in [0.2, 0.25) is 11.8 Å². The minimum Gasteiger partial charge on any atom is -0.493 e.